The van der Waals surface area contributed by atoms with Crippen molar-refractivity contribution in [2.24, 2.45) is 0 Å². The van der Waals surface area contributed by atoms with E-state index in [0.29, 0.717) is 25.2 Å². The summed E-state index contributed by atoms with van der Waals surface area (Å²) < 4.78 is 2.26. The summed E-state index contributed by atoms with van der Waals surface area (Å²) in [7, 11) is 1.79. The van der Waals surface area contributed by atoms with Crippen LogP contribution in [0.25, 0.3) is 10.9 Å². The first kappa shape index (κ1) is 18.4. The lowest BCUT2D eigenvalue weighted by atomic mass is 9.89. The van der Waals surface area contributed by atoms with Crippen molar-refractivity contribution >= 4 is 22.7 Å². The Labute approximate surface area is 173 Å². The Morgan fingerprint density at radius 3 is 2.67 bits per heavy atom. The quantitative estimate of drug-likeness (QED) is 0.522. The van der Waals surface area contributed by atoms with Gasteiger partial charge >= 0.3 is 0 Å². The van der Waals surface area contributed by atoms with Crippen LogP contribution in [0.2, 0.25) is 0 Å². The number of nitrogens with one attached hydrogen (secondary N) is 1. The summed E-state index contributed by atoms with van der Waals surface area (Å²) in [5.41, 5.74) is 6.41. The third-order valence-electron chi connectivity index (χ3n) is 6.25. The van der Waals surface area contributed by atoms with Crippen LogP contribution >= 0.6 is 0 Å². The number of amides is 2. The molecule has 2 aliphatic rings. The van der Waals surface area contributed by atoms with Gasteiger partial charge in [-0.2, -0.15) is 0 Å². The number of likely N-dealkylation sites (N-methyl/N-ethyl adjacent to an activating group) is 1. The van der Waals surface area contributed by atoms with Crippen molar-refractivity contribution in [3.8, 4) is 0 Å². The van der Waals surface area contributed by atoms with E-state index in [0.717, 1.165) is 33.5 Å². The molecule has 2 aromatic carbocycles. The highest BCUT2D eigenvalue weighted by atomic mass is 16.5. The zero-order chi connectivity index (χ0) is 21.0. The molecule has 1 fully saturated rings. The Bertz CT molecular complexity index is 1200. The number of carbonyl (C=O) groups excluding carboxylic acids is 2. The molecule has 1 saturated heterocycles. The SMILES string of the molecule is C=C1N2Cc3c(c4ccccc4n3Cc3ccc(C(=O)NO)cc3)C(C2)C(=O)N1C. The van der Waals surface area contributed by atoms with Crippen LogP contribution in [0.15, 0.2) is 60.9 Å². The van der Waals surface area contributed by atoms with Gasteiger partial charge in [-0.05, 0) is 29.3 Å². The molecule has 2 amide bonds. The largest absolute Gasteiger partial charge is 0.351 e. The van der Waals surface area contributed by atoms with Gasteiger partial charge in [-0.3, -0.25) is 14.8 Å². The summed E-state index contributed by atoms with van der Waals surface area (Å²) in [6.07, 6.45) is 0. The minimum atomic E-state index is -0.535. The van der Waals surface area contributed by atoms with Crippen molar-refractivity contribution < 1.29 is 14.8 Å². The summed E-state index contributed by atoms with van der Waals surface area (Å²) in [6, 6.07) is 15.3. The molecule has 152 valence electrons. The zero-order valence-electron chi connectivity index (χ0n) is 16.6. The van der Waals surface area contributed by atoms with Crippen LogP contribution in [0, 0.1) is 0 Å². The first-order valence-electron chi connectivity index (χ1n) is 9.84. The first-order valence-corrected chi connectivity index (χ1v) is 9.84. The van der Waals surface area contributed by atoms with Crippen molar-refractivity contribution in [1.82, 2.24) is 19.8 Å². The molecule has 0 spiro atoms. The highest BCUT2D eigenvalue weighted by Crippen LogP contribution is 2.42. The Hall–Kier alpha value is -3.58. The summed E-state index contributed by atoms with van der Waals surface area (Å²) in [5, 5.41) is 9.92. The topological polar surface area (TPSA) is 77.8 Å². The van der Waals surface area contributed by atoms with Gasteiger partial charge in [0, 0.05) is 42.3 Å². The van der Waals surface area contributed by atoms with Crippen molar-refractivity contribution in [2.45, 2.75) is 19.0 Å². The normalized spacial score (nSPS) is 18.0. The zero-order valence-corrected chi connectivity index (χ0v) is 16.6. The third kappa shape index (κ3) is 2.63. The highest BCUT2D eigenvalue weighted by molar-refractivity contribution is 5.95. The van der Waals surface area contributed by atoms with Crippen LogP contribution in [-0.2, 0) is 17.9 Å². The molecule has 0 saturated carbocycles. The van der Waals surface area contributed by atoms with E-state index in [1.54, 1.807) is 29.6 Å². The van der Waals surface area contributed by atoms with E-state index in [1.807, 2.05) is 24.3 Å². The number of hydroxylamine groups is 1. The van der Waals surface area contributed by atoms with Gasteiger partial charge in [0.25, 0.3) is 5.91 Å². The molecule has 2 aliphatic heterocycles. The molecular formula is C23H22N4O3. The average Bonchev–Trinajstić information content (AvgIpc) is 3.09. The van der Waals surface area contributed by atoms with E-state index in [4.69, 9.17) is 5.21 Å². The molecule has 1 unspecified atom stereocenters. The number of hydrogen-bond donors (Lipinski definition) is 2. The molecule has 30 heavy (non-hydrogen) atoms. The molecule has 3 aromatic rings. The number of rotatable bonds is 3. The lowest BCUT2D eigenvalue weighted by Crippen LogP contribution is -2.50. The summed E-state index contributed by atoms with van der Waals surface area (Å²) in [4.78, 5) is 28.4. The number of hydrogen-bond acceptors (Lipinski definition) is 4. The lowest BCUT2D eigenvalue weighted by Gasteiger charge is -2.44. The second-order valence-corrected chi connectivity index (χ2v) is 7.85. The van der Waals surface area contributed by atoms with Gasteiger partial charge in [0.15, 0.2) is 0 Å². The maximum Gasteiger partial charge on any atom is 0.274 e. The Morgan fingerprint density at radius 2 is 1.93 bits per heavy atom. The number of benzene rings is 2. The fourth-order valence-corrected chi connectivity index (χ4v) is 4.66. The fraction of sp³-hybridized carbons (Fsp3) is 0.217. The van der Waals surface area contributed by atoms with E-state index in [9.17, 15) is 9.59 Å². The predicted octanol–water partition coefficient (Wildman–Crippen LogP) is 2.65. The maximum atomic E-state index is 13.0. The summed E-state index contributed by atoms with van der Waals surface area (Å²) in [6.45, 7) is 6.08. The monoisotopic (exact) mass is 402 g/mol. The first-order chi connectivity index (χ1) is 14.5. The van der Waals surface area contributed by atoms with Gasteiger partial charge in [-0.1, -0.05) is 36.9 Å². The maximum absolute atomic E-state index is 13.0. The van der Waals surface area contributed by atoms with Gasteiger partial charge in [0.05, 0.1) is 12.5 Å². The molecule has 0 radical (unpaired) electrons. The Kier molecular flexibility index (Phi) is 4.15. The predicted molar refractivity (Wildman–Crippen MR) is 112 cm³/mol. The van der Waals surface area contributed by atoms with E-state index in [1.165, 1.54) is 0 Å². The highest BCUT2D eigenvalue weighted by Gasteiger charge is 2.42. The number of carbonyl (C=O) groups is 2. The number of fused-ring (bicyclic) bond motifs is 6. The molecule has 2 bridgehead atoms. The van der Waals surface area contributed by atoms with Crippen LogP contribution < -0.4 is 5.48 Å². The summed E-state index contributed by atoms with van der Waals surface area (Å²) >= 11 is 0. The van der Waals surface area contributed by atoms with Crippen molar-refractivity contribution in [3.63, 3.8) is 0 Å². The standard InChI is InChI=1S/C23H22N4O3/c1-14-25(2)23(29)18-12-26(14)13-20-21(18)17-5-3-4-6-19(17)27(20)11-15-7-9-16(10-8-15)22(28)24-30/h3-10,18,30H,1,11-13H2,2H3,(H,24,28). The molecule has 0 aliphatic carbocycles. The Balaban J connectivity index is 1.62. The van der Waals surface area contributed by atoms with E-state index >= 15 is 0 Å². The molecule has 7 nitrogen and oxygen atoms in total. The third-order valence-corrected chi connectivity index (χ3v) is 6.25. The van der Waals surface area contributed by atoms with Crippen molar-refractivity contribution in [3.05, 3.63) is 83.3 Å². The second-order valence-electron chi connectivity index (χ2n) is 7.85. The van der Waals surface area contributed by atoms with Crippen LogP contribution in [-0.4, -0.2) is 45.0 Å². The van der Waals surface area contributed by atoms with Crippen LogP contribution in [0.4, 0.5) is 0 Å². The van der Waals surface area contributed by atoms with Crippen molar-refractivity contribution in [2.75, 3.05) is 13.6 Å². The summed E-state index contributed by atoms with van der Waals surface area (Å²) in [5.74, 6) is 0.0793. The molecule has 1 atom stereocenters. The van der Waals surface area contributed by atoms with Crippen LogP contribution in [0.1, 0.15) is 33.1 Å². The van der Waals surface area contributed by atoms with Gasteiger partial charge in [0.1, 0.15) is 5.82 Å². The van der Waals surface area contributed by atoms with Gasteiger partial charge in [-0.15, -0.1) is 0 Å². The average molecular weight is 402 g/mol. The minimum absolute atomic E-state index is 0.0828. The van der Waals surface area contributed by atoms with E-state index < -0.39 is 5.91 Å². The molecule has 2 N–H and O–H groups in total. The molecule has 5 rings (SSSR count). The molecule has 7 heteroatoms. The Morgan fingerprint density at radius 1 is 1.20 bits per heavy atom. The van der Waals surface area contributed by atoms with Gasteiger partial charge in [0.2, 0.25) is 5.91 Å². The number of aromatic nitrogens is 1. The van der Waals surface area contributed by atoms with Gasteiger partial charge in [-0.25, -0.2) is 5.48 Å². The van der Waals surface area contributed by atoms with Gasteiger partial charge < -0.3 is 14.4 Å². The molecule has 3 heterocycles. The number of nitrogens with zero attached hydrogens (tertiary/aromatic N) is 3. The molecule has 1 aromatic heterocycles. The van der Waals surface area contributed by atoms with E-state index in [2.05, 4.69) is 28.2 Å². The lowest BCUT2D eigenvalue weighted by molar-refractivity contribution is -0.134. The fourth-order valence-electron chi connectivity index (χ4n) is 4.66. The number of para-hydroxylation sites is 1. The van der Waals surface area contributed by atoms with Crippen molar-refractivity contribution in [1.29, 1.82) is 0 Å². The van der Waals surface area contributed by atoms with E-state index in [-0.39, 0.29) is 11.8 Å². The molecular weight excluding hydrogens is 380 g/mol. The van der Waals surface area contributed by atoms with Crippen LogP contribution in [0.3, 0.4) is 0 Å². The van der Waals surface area contributed by atoms with Crippen LogP contribution in [0.5, 0.6) is 0 Å². The second kappa shape index (κ2) is 6.74. The minimum Gasteiger partial charge on any atom is -0.351 e. The smallest absolute Gasteiger partial charge is 0.274 e.